The van der Waals surface area contributed by atoms with E-state index in [0.29, 0.717) is 11.9 Å². The molecule has 1 fully saturated rings. The third kappa shape index (κ3) is 2.45. The number of carbonyl (C=O) groups excluding carboxylic acids is 1. The Labute approximate surface area is 117 Å². The number of carbonyl (C=O) groups is 1. The van der Waals surface area contributed by atoms with Gasteiger partial charge < -0.3 is 4.57 Å². The Morgan fingerprint density at radius 1 is 1.40 bits per heavy atom. The molecular formula is C14H19N5O. The zero-order chi connectivity index (χ0) is 14.1. The quantitative estimate of drug-likeness (QED) is 0.896. The van der Waals surface area contributed by atoms with Crippen LogP contribution in [0.5, 0.6) is 0 Å². The molecule has 6 nitrogen and oxygen atoms in total. The van der Waals surface area contributed by atoms with E-state index >= 15 is 0 Å². The van der Waals surface area contributed by atoms with Crippen LogP contribution in [0, 0.1) is 13.8 Å². The lowest BCUT2D eigenvalue weighted by Gasteiger charge is -2.22. The Balaban J connectivity index is 1.62. The highest BCUT2D eigenvalue weighted by Gasteiger charge is 2.23. The van der Waals surface area contributed by atoms with E-state index in [2.05, 4.69) is 20.5 Å². The predicted octanol–water partition coefficient (Wildman–Crippen LogP) is 2.13. The first-order valence-corrected chi connectivity index (χ1v) is 6.98. The summed E-state index contributed by atoms with van der Waals surface area (Å²) in [6.45, 7) is 4.27. The smallest absolute Gasteiger partial charge is 0.248 e. The molecule has 2 N–H and O–H groups in total. The van der Waals surface area contributed by atoms with Gasteiger partial charge in [-0.3, -0.25) is 15.2 Å². The Morgan fingerprint density at radius 2 is 2.10 bits per heavy atom. The van der Waals surface area contributed by atoms with Crippen LogP contribution in [0.1, 0.15) is 42.4 Å². The van der Waals surface area contributed by atoms with Crippen LogP contribution in [-0.4, -0.2) is 25.7 Å². The summed E-state index contributed by atoms with van der Waals surface area (Å²) < 4.78 is 1.97. The molecule has 1 aliphatic rings. The number of anilines is 1. The van der Waals surface area contributed by atoms with Gasteiger partial charge in [0.25, 0.3) is 0 Å². The zero-order valence-electron chi connectivity index (χ0n) is 11.8. The molecule has 106 valence electrons. The van der Waals surface area contributed by atoms with Gasteiger partial charge >= 0.3 is 0 Å². The van der Waals surface area contributed by atoms with Crippen LogP contribution in [0.3, 0.4) is 0 Å². The molecule has 0 bridgehead atoms. The highest BCUT2D eigenvalue weighted by atomic mass is 16.2. The van der Waals surface area contributed by atoms with Crippen molar-refractivity contribution in [2.24, 2.45) is 0 Å². The summed E-state index contributed by atoms with van der Waals surface area (Å²) in [6.07, 6.45) is 3.56. The predicted molar refractivity (Wildman–Crippen MR) is 75.5 cm³/mol. The molecule has 0 saturated heterocycles. The number of aromatic amines is 1. The summed E-state index contributed by atoms with van der Waals surface area (Å²) in [5, 5.41) is 9.71. The second-order valence-corrected chi connectivity index (χ2v) is 5.42. The van der Waals surface area contributed by atoms with Crippen molar-refractivity contribution < 1.29 is 4.79 Å². The van der Waals surface area contributed by atoms with Crippen LogP contribution < -0.4 is 5.32 Å². The van der Waals surface area contributed by atoms with E-state index in [-0.39, 0.29) is 12.5 Å². The van der Waals surface area contributed by atoms with Gasteiger partial charge in [0.15, 0.2) is 0 Å². The standard InChI is InChI=1S/C14H19N5O/c1-9-6-7-10(2)19(9)8-12(20)15-14-16-13(17-18-14)11-4-3-5-11/h6-7,11H,3-5,8H2,1-2H3,(H2,15,16,17,18,20). The zero-order valence-corrected chi connectivity index (χ0v) is 11.8. The van der Waals surface area contributed by atoms with Crippen molar-refractivity contribution in [3.63, 3.8) is 0 Å². The highest BCUT2D eigenvalue weighted by Crippen LogP contribution is 2.34. The summed E-state index contributed by atoms with van der Waals surface area (Å²) in [5.74, 6) is 1.65. The molecule has 1 amide bonds. The summed E-state index contributed by atoms with van der Waals surface area (Å²) in [5.41, 5.74) is 2.14. The lowest BCUT2D eigenvalue weighted by molar-refractivity contribution is -0.116. The minimum Gasteiger partial charge on any atom is -0.340 e. The SMILES string of the molecule is Cc1ccc(C)n1CC(=O)Nc1n[nH]c(C2CCC2)n1. The number of aryl methyl sites for hydroxylation is 2. The molecule has 3 rings (SSSR count). The van der Waals surface area contributed by atoms with Gasteiger partial charge in [-0.25, -0.2) is 0 Å². The molecule has 0 radical (unpaired) electrons. The van der Waals surface area contributed by atoms with Gasteiger partial charge in [-0.1, -0.05) is 6.42 Å². The van der Waals surface area contributed by atoms with Crippen LogP contribution in [0.4, 0.5) is 5.95 Å². The number of rotatable bonds is 4. The van der Waals surface area contributed by atoms with E-state index < -0.39 is 0 Å². The van der Waals surface area contributed by atoms with Crippen molar-refractivity contribution in [2.75, 3.05) is 5.32 Å². The Kier molecular flexibility index (Phi) is 3.30. The maximum absolute atomic E-state index is 12.0. The maximum atomic E-state index is 12.0. The number of hydrogen-bond acceptors (Lipinski definition) is 3. The van der Waals surface area contributed by atoms with Gasteiger partial charge in [0, 0.05) is 17.3 Å². The van der Waals surface area contributed by atoms with Crippen molar-refractivity contribution in [3.05, 3.63) is 29.3 Å². The van der Waals surface area contributed by atoms with E-state index in [9.17, 15) is 4.79 Å². The van der Waals surface area contributed by atoms with Crippen molar-refractivity contribution in [1.82, 2.24) is 19.7 Å². The second kappa shape index (κ2) is 5.11. The van der Waals surface area contributed by atoms with Gasteiger partial charge in [0.1, 0.15) is 12.4 Å². The molecule has 2 heterocycles. The van der Waals surface area contributed by atoms with Crippen molar-refractivity contribution in [1.29, 1.82) is 0 Å². The van der Waals surface area contributed by atoms with Gasteiger partial charge in [0.2, 0.25) is 11.9 Å². The van der Waals surface area contributed by atoms with E-state index in [4.69, 9.17) is 0 Å². The number of aromatic nitrogens is 4. The Bertz CT molecular complexity index is 604. The summed E-state index contributed by atoms with van der Waals surface area (Å²) in [7, 11) is 0. The van der Waals surface area contributed by atoms with Gasteiger partial charge in [0.05, 0.1) is 0 Å². The van der Waals surface area contributed by atoms with Crippen LogP contribution in [-0.2, 0) is 11.3 Å². The Morgan fingerprint density at radius 3 is 2.70 bits per heavy atom. The van der Waals surface area contributed by atoms with Crippen molar-refractivity contribution in [3.8, 4) is 0 Å². The first kappa shape index (κ1) is 12.9. The largest absolute Gasteiger partial charge is 0.340 e. The van der Waals surface area contributed by atoms with Crippen LogP contribution in [0.2, 0.25) is 0 Å². The maximum Gasteiger partial charge on any atom is 0.248 e. The molecule has 6 heteroatoms. The van der Waals surface area contributed by atoms with Crippen molar-refractivity contribution in [2.45, 2.75) is 45.6 Å². The molecule has 2 aromatic rings. The van der Waals surface area contributed by atoms with Gasteiger partial charge in [-0.05, 0) is 38.8 Å². The van der Waals surface area contributed by atoms with Gasteiger partial charge in [-0.15, -0.1) is 5.10 Å². The molecule has 0 aromatic carbocycles. The van der Waals surface area contributed by atoms with Crippen LogP contribution >= 0.6 is 0 Å². The molecular weight excluding hydrogens is 254 g/mol. The number of amides is 1. The Hall–Kier alpha value is -2.11. The van der Waals surface area contributed by atoms with Crippen molar-refractivity contribution >= 4 is 11.9 Å². The van der Waals surface area contributed by atoms with Crippen LogP contribution in [0.25, 0.3) is 0 Å². The number of H-pyrrole nitrogens is 1. The fraction of sp³-hybridized carbons (Fsp3) is 0.500. The third-order valence-electron chi connectivity index (χ3n) is 3.96. The van der Waals surface area contributed by atoms with E-state index in [1.165, 1.54) is 6.42 Å². The lowest BCUT2D eigenvalue weighted by atomic mass is 9.85. The molecule has 0 aliphatic heterocycles. The number of nitrogens with one attached hydrogen (secondary N) is 2. The fourth-order valence-corrected chi connectivity index (χ4v) is 2.45. The molecule has 20 heavy (non-hydrogen) atoms. The summed E-state index contributed by atoms with van der Waals surface area (Å²) in [6, 6.07) is 4.01. The normalized spacial score (nSPS) is 15.1. The number of hydrogen-bond donors (Lipinski definition) is 2. The average molecular weight is 273 g/mol. The summed E-state index contributed by atoms with van der Waals surface area (Å²) >= 11 is 0. The highest BCUT2D eigenvalue weighted by molar-refractivity contribution is 5.88. The summed E-state index contributed by atoms with van der Waals surface area (Å²) in [4.78, 5) is 16.4. The monoisotopic (exact) mass is 273 g/mol. The number of nitrogens with zero attached hydrogens (tertiary/aromatic N) is 3. The van der Waals surface area contributed by atoms with E-state index in [0.717, 1.165) is 30.1 Å². The molecule has 0 spiro atoms. The minimum absolute atomic E-state index is 0.105. The lowest BCUT2D eigenvalue weighted by Crippen LogP contribution is -2.20. The fourth-order valence-electron chi connectivity index (χ4n) is 2.45. The minimum atomic E-state index is -0.105. The molecule has 0 atom stereocenters. The molecule has 2 aromatic heterocycles. The topological polar surface area (TPSA) is 75.6 Å². The second-order valence-electron chi connectivity index (χ2n) is 5.42. The molecule has 1 saturated carbocycles. The third-order valence-corrected chi connectivity index (χ3v) is 3.96. The van der Waals surface area contributed by atoms with Gasteiger partial charge in [-0.2, -0.15) is 4.98 Å². The first-order chi connectivity index (χ1) is 9.63. The van der Waals surface area contributed by atoms with E-state index in [1.807, 2.05) is 30.5 Å². The van der Waals surface area contributed by atoms with E-state index in [1.54, 1.807) is 0 Å². The molecule has 1 aliphatic carbocycles. The average Bonchev–Trinajstić information content (AvgIpc) is 2.89. The van der Waals surface area contributed by atoms with Crippen LogP contribution in [0.15, 0.2) is 12.1 Å². The molecule has 0 unspecified atom stereocenters. The first-order valence-electron chi connectivity index (χ1n) is 6.98.